The van der Waals surface area contributed by atoms with Crippen molar-refractivity contribution in [3.05, 3.63) is 59.2 Å². The van der Waals surface area contributed by atoms with Gasteiger partial charge in [0.2, 0.25) is 5.91 Å². The summed E-state index contributed by atoms with van der Waals surface area (Å²) in [6.45, 7) is 5.24. The van der Waals surface area contributed by atoms with Gasteiger partial charge < -0.3 is 25.4 Å². The molecule has 0 radical (unpaired) electrons. The van der Waals surface area contributed by atoms with Crippen LogP contribution in [-0.2, 0) is 27.5 Å². The Hall–Kier alpha value is -3.59. The fourth-order valence-corrected chi connectivity index (χ4v) is 3.47. The van der Waals surface area contributed by atoms with Crippen LogP contribution in [0.1, 0.15) is 29.5 Å². The largest absolute Gasteiger partial charge is 0.504 e. The summed E-state index contributed by atoms with van der Waals surface area (Å²) >= 11 is 0. The second-order valence-electron chi connectivity index (χ2n) is 7.87. The van der Waals surface area contributed by atoms with Crippen molar-refractivity contribution in [2.45, 2.75) is 32.9 Å². The van der Waals surface area contributed by atoms with E-state index in [1.165, 1.54) is 5.56 Å². The van der Waals surface area contributed by atoms with Crippen molar-refractivity contribution in [3.8, 4) is 11.5 Å². The zero-order valence-electron chi connectivity index (χ0n) is 18.8. The maximum absolute atomic E-state index is 12.5. The summed E-state index contributed by atoms with van der Waals surface area (Å²) in [7, 11) is 1.56. The van der Waals surface area contributed by atoms with E-state index in [9.17, 15) is 9.90 Å². The lowest BCUT2D eigenvalue weighted by Crippen LogP contribution is -2.40. The Morgan fingerprint density at radius 1 is 1.00 bits per heavy atom. The Morgan fingerprint density at radius 3 is 2.12 bits per heavy atom. The predicted octanol–water partition coefficient (Wildman–Crippen LogP) is 2.39. The highest BCUT2D eigenvalue weighted by Gasteiger charge is 2.24. The molecule has 1 fully saturated rings. The number of amides is 1. The van der Waals surface area contributed by atoms with E-state index in [1.807, 2.05) is 12.1 Å². The van der Waals surface area contributed by atoms with Gasteiger partial charge in [0.25, 0.3) is 0 Å². The number of likely N-dealkylation sites (tertiary alicyclic amines) is 1. The average molecular weight is 459 g/mol. The highest BCUT2D eigenvalue weighted by atomic mass is 16.5. The summed E-state index contributed by atoms with van der Waals surface area (Å²) in [5.74, 6) is -2.75. The zero-order chi connectivity index (χ0) is 24.4. The number of ether oxygens (including phenoxy) is 1. The topological polar surface area (TPSA) is 136 Å². The molecule has 0 spiro atoms. The molecule has 1 saturated heterocycles. The van der Waals surface area contributed by atoms with Gasteiger partial charge in [-0.25, -0.2) is 9.59 Å². The molecule has 1 heterocycles. The smallest absolute Gasteiger partial charge is 0.414 e. The van der Waals surface area contributed by atoms with E-state index in [4.69, 9.17) is 24.5 Å². The van der Waals surface area contributed by atoms with Crippen LogP contribution in [0.3, 0.4) is 0 Å². The number of nitrogens with zero attached hydrogens (tertiary/aromatic N) is 1. The molecule has 2 aromatic carbocycles. The number of aliphatic carboxylic acids is 2. The van der Waals surface area contributed by atoms with Crippen LogP contribution in [0.2, 0.25) is 0 Å². The molecule has 3 rings (SSSR count). The maximum atomic E-state index is 12.5. The van der Waals surface area contributed by atoms with Gasteiger partial charge in [-0.1, -0.05) is 35.9 Å². The molecule has 0 saturated carbocycles. The van der Waals surface area contributed by atoms with E-state index in [0.717, 1.165) is 43.6 Å². The Labute approximate surface area is 192 Å². The maximum Gasteiger partial charge on any atom is 0.414 e. The molecule has 1 aliphatic rings. The number of piperidine rings is 1. The van der Waals surface area contributed by atoms with Gasteiger partial charge in [0.05, 0.1) is 7.11 Å². The third-order valence-corrected chi connectivity index (χ3v) is 5.38. The number of methoxy groups -OCH3 is 1. The van der Waals surface area contributed by atoms with Gasteiger partial charge >= 0.3 is 11.9 Å². The molecule has 1 amide bonds. The second kappa shape index (κ2) is 12.4. The normalized spacial score (nSPS) is 14.0. The van der Waals surface area contributed by atoms with E-state index in [2.05, 4.69) is 41.4 Å². The molecule has 9 heteroatoms. The van der Waals surface area contributed by atoms with E-state index in [-0.39, 0.29) is 17.6 Å². The lowest BCUT2D eigenvalue weighted by Gasteiger charge is -2.31. The van der Waals surface area contributed by atoms with Crippen LogP contribution in [0.4, 0.5) is 0 Å². The highest BCUT2D eigenvalue weighted by Crippen LogP contribution is 2.27. The third kappa shape index (κ3) is 8.46. The molecule has 0 atom stereocenters. The number of phenols is 1. The lowest BCUT2D eigenvalue weighted by atomic mass is 9.95. The number of phenolic OH excluding ortho intramolecular Hbond substituents is 1. The molecular formula is C24H30N2O7. The molecule has 4 N–H and O–H groups in total. The minimum Gasteiger partial charge on any atom is -0.504 e. The van der Waals surface area contributed by atoms with Gasteiger partial charge in [0.1, 0.15) is 0 Å². The quantitative estimate of drug-likeness (QED) is 0.485. The van der Waals surface area contributed by atoms with Gasteiger partial charge in [-0.3, -0.25) is 9.69 Å². The fraction of sp³-hybridized carbons (Fsp3) is 0.375. The molecule has 0 aromatic heterocycles. The summed E-state index contributed by atoms with van der Waals surface area (Å²) in [4.78, 5) is 33.0. The lowest BCUT2D eigenvalue weighted by molar-refractivity contribution is -0.159. The number of rotatable bonds is 6. The van der Waals surface area contributed by atoms with Crippen LogP contribution in [-0.4, -0.2) is 58.3 Å². The van der Waals surface area contributed by atoms with E-state index >= 15 is 0 Å². The molecule has 0 unspecified atom stereocenters. The molecule has 9 nitrogen and oxygen atoms in total. The van der Waals surface area contributed by atoms with Gasteiger partial charge in [-0.05, 0) is 56.1 Å². The third-order valence-electron chi connectivity index (χ3n) is 5.38. The first-order chi connectivity index (χ1) is 15.7. The van der Waals surface area contributed by atoms with Crippen molar-refractivity contribution in [1.29, 1.82) is 0 Å². The summed E-state index contributed by atoms with van der Waals surface area (Å²) in [5, 5.41) is 27.6. The monoisotopic (exact) mass is 458 g/mol. The molecule has 33 heavy (non-hydrogen) atoms. The van der Waals surface area contributed by atoms with Crippen LogP contribution >= 0.6 is 0 Å². The van der Waals surface area contributed by atoms with E-state index in [1.54, 1.807) is 13.2 Å². The van der Waals surface area contributed by atoms with Gasteiger partial charge in [0.15, 0.2) is 11.5 Å². The molecular weight excluding hydrogens is 428 g/mol. The van der Waals surface area contributed by atoms with Crippen molar-refractivity contribution in [1.82, 2.24) is 10.2 Å². The van der Waals surface area contributed by atoms with Crippen LogP contribution < -0.4 is 10.1 Å². The number of aryl methyl sites for hydroxylation is 1. The molecule has 0 bridgehead atoms. The average Bonchev–Trinajstić information content (AvgIpc) is 2.80. The Bertz CT molecular complexity index is 940. The molecule has 1 aliphatic heterocycles. The number of hydrogen-bond donors (Lipinski definition) is 4. The van der Waals surface area contributed by atoms with Crippen LogP contribution in [0.5, 0.6) is 11.5 Å². The SMILES string of the molecule is COc1cc(CN2CCC(C(=O)NCc3ccc(C)cc3)CC2)ccc1O.O=C(O)C(=O)O. The predicted molar refractivity (Wildman–Crippen MR) is 121 cm³/mol. The summed E-state index contributed by atoms with van der Waals surface area (Å²) in [6.07, 6.45) is 1.74. The minimum atomic E-state index is -1.82. The zero-order valence-corrected chi connectivity index (χ0v) is 18.8. The molecule has 2 aromatic rings. The van der Waals surface area contributed by atoms with Crippen molar-refractivity contribution >= 4 is 17.8 Å². The van der Waals surface area contributed by atoms with Crippen LogP contribution in [0.15, 0.2) is 42.5 Å². The Morgan fingerprint density at radius 2 is 1.58 bits per heavy atom. The first kappa shape index (κ1) is 25.7. The number of nitrogens with one attached hydrogen (secondary N) is 1. The highest BCUT2D eigenvalue weighted by molar-refractivity contribution is 6.27. The van der Waals surface area contributed by atoms with Gasteiger partial charge in [-0.2, -0.15) is 0 Å². The van der Waals surface area contributed by atoms with Crippen molar-refractivity contribution < 1.29 is 34.4 Å². The number of carbonyl (C=O) groups excluding carboxylic acids is 1. The fourth-order valence-electron chi connectivity index (χ4n) is 3.47. The second-order valence-corrected chi connectivity index (χ2v) is 7.87. The standard InChI is InChI=1S/C22H28N2O3.C2H2O4/c1-16-3-5-17(6-4-16)14-23-22(26)19-9-11-24(12-10-19)15-18-7-8-20(25)21(13-18)27-2;3-1(4)2(5)6/h3-8,13,19,25H,9-12,14-15H2,1-2H3,(H,23,26);(H,3,4)(H,5,6). The summed E-state index contributed by atoms with van der Waals surface area (Å²) in [6, 6.07) is 13.7. The Balaban J connectivity index is 0.000000569. The van der Waals surface area contributed by atoms with Crippen LogP contribution in [0.25, 0.3) is 0 Å². The molecule has 178 valence electrons. The van der Waals surface area contributed by atoms with E-state index < -0.39 is 11.9 Å². The van der Waals surface area contributed by atoms with Gasteiger partial charge in [0, 0.05) is 19.0 Å². The van der Waals surface area contributed by atoms with Crippen molar-refractivity contribution in [2.24, 2.45) is 5.92 Å². The first-order valence-electron chi connectivity index (χ1n) is 10.6. The first-order valence-corrected chi connectivity index (χ1v) is 10.6. The van der Waals surface area contributed by atoms with Crippen molar-refractivity contribution in [3.63, 3.8) is 0 Å². The number of hydrogen-bond acceptors (Lipinski definition) is 6. The number of carboxylic acids is 2. The summed E-state index contributed by atoms with van der Waals surface area (Å²) < 4.78 is 5.17. The van der Waals surface area contributed by atoms with E-state index in [0.29, 0.717) is 12.3 Å². The Kier molecular flexibility index (Phi) is 9.68. The summed E-state index contributed by atoms with van der Waals surface area (Å²) in [5.41, 5.74) is 3.46. The molecule has 0 aliphatic carbocycles. The number of carbonyl (C=O) groups is 3. The van der Waals surface area contributed by atoms with Crippen molar-refractivity contribution in [2.75, 3.05) is 20.2 Å². The van der Waals surface area contributed by atoms with Gasteiger partial charge in [-0.15, -0.1) is 0 Å². The number of benzene rings is 2. The number of carboxylic acid groups (broad SMARTS) is 2. The minimum absolute atomic E-state index is 0.0843. The van der Waals surface area contributed by atoms with Crippen LogP contribution in [0, 0.1) is 12.8 Å². The number of aromatic hydroxyl groups is 1.